The lowest BCUT2D eigenvalue weighted by Crippen LogP contribution is -2.24. The molecule has 0 unspecified atom stereocenters. The molecule has 0 atom stereocenters. The lowest BCUT2D eigenvalue weighted by molar-refractivity contribution is -0.111. The van der Waals surface area contributed by atoms with Gasteiger partial charge in [-0.1, -0.05) is 30.3 Å². The molecule has 1 fully saturated rings. The van der Waals surface area contributed by atoms with E-state index in [-0.39, 0.29) is 11.7 Å². The number of hydrogen-bond donors (Lipinski definition) is 1. The topological polar surface area (TPSA) is 79.4 Å². The smallest absolute Gasteiger partial charge is 0.249 e. The van der Waals surface area contributed by atoms with Crippen LogP contribution in [0.2, 0.25) is 0 Å². The summed E-state index contributed by atoms with van der Waals surface area (Å²) in [4.78, 5) is 16.6. The van der Waals surface area contributed by atoms with E-state index < -0.39 is 10.0 Å². The number of para-hydroxylation sites is 1. The van der Waals surface area contributed by atoms with Crippen molar-refractivity contribution in [2.24, 2.45) is 0 Å². The van der Waals surface area contributed by atoms with Crippen LogP contribution in [-0.2, 0) is 14.8 Å². The Morgan fingerprint density at radius 1 is 1.04 bits per heavy atom. The number of rotatable bonds is 4. The molecule has 1 aliphatic rings. The van der Waals surface area contributed by atoms with Gasteiger partial charge in [-0.2, -0.15) is 0 Å². The van der Waals surface area contributed by atoms with Crippen LogP contribution >= 0.6 is 0 Å². The Labute approximate surface area is 163 Å². The number of benzene rings is 2. The zero-order chi connectivity index (χ0) is 19.6. The lowest BCUT2D eigenvalue weighted by Gasteiger charge is -2.16. The second-order valence-electron chi connectivity index (χ2n) is 6.55. The van der Waals surface area contributed by atoms with Gasteiger partial charge in [0.15, 0.2) is 0 Å². The molecule has 1 N–H and O–H groups in total. The lowest BCUT2D eigenvalue weighted by atomic mass is 10.2. The van der Waals surface area contributed by atoms with Crippen molar-refractivity contribution in [2.75, 3.05) is 21.9 Å². The van der Waals surface area contributed by atoms with Crippen LogP contribution < -0.4 is 9.62 Å². The summed E-state index contributed by atoms with van der Waals surface area (Å²) in [6.45, 7) is 0.513. The summed E-state index contributed by atoms with van der Waals surface area (Å²) >= 11 is 0. The van der Waals surface area contributed by atoms with Gasteiger partial charge in [0, 0.05) is 18.0 Å². The van der Waals surface area contributed by atoms with Gasteiger partial charge in [0.2, 0.25) is 15.9 Å². The molecule has 28 heavy (non-hydrogen) atoms. The number of fused-ring (bicyclic) bond motifs is 1. The van der Waals surface area contributed by atoms with Gasteiger partial charge in [-0.15, -0.1) is 0 Å². The van der Waals surface area contributed by atoms with Crippen molar-refractivity contribution in [3.8, 4) is 0 Å². The number of carbonyl (C=O) groups excluding carboxylic acids is 1. The van der Waals surface area contributed by atoms with Gasteiger partial charge in [-0.05, 0) is 48.4 Å². The van der Waals surface area contributed by atoms with E-state index >= 15 is 0 Å². The molecule has 2 heterocycles. The summed E-state index contributed by atoms with van der Waals surface area (Å²) in [5.74, 6) is 0.398. The Balaban J connectivity index is 1.42. The molecule has 0 spiro atoms. The van der Waals surface area contributed by atoms with E-state index in [1.807, 2.05) is 30.3 Å². The third-order valence-corrected chi connectivity index (χ3v) is 6.43. The number of sulfonamides is 1. The van der Waals surface area contributed by atoms with Crippen molar-refractivity contribution in [3.05, 3.63) is 72.3 Å². The maximum Gasteiger partial charge on any atom is 0.249 e. The van der Waals surface area contributed by atoms with Crippen molar-refractivity contribution < 1.29 is 13.2 Å². The van der Waals surface area contributed by atoms with Crippen molar-refractivity contribution in [1.82, 2.24) is 4.98 Å². The minimum absolute atomic E-state index is 0.192. The van der Waals surface area contributed by atoms with Gasteiger partial charge in [0.1, 0.15) is 5.82 Å². The number of amides is 1. The summed E-state index contributed by atoms with van der Waals surface area (Å²) < 4.78 is 25.4. The molecule has 6 nitrogen and oxygen atoms in total. The maximum absolute atomic E-state index is 12.2. The van der Waals surface area contributed by atoms with Crippen LogP contribution in [0.15, 0.2) is 66.7 Å². The Morgan fingerprint density at radius 3 is 2.57 bits per heavy atom. The van der Waals surface area contributed by atoms with Gasteiger partial charge in [-0.3, -0.25) is 9.10 Å². The highest BCUT2D eigenvalue weighted by molar-refractivity contribution is 7.93. The fraction of sp³-hybridized carbons (Fsp3) is 0.143. The molecule has 2 aromatic carbocycles. The molecule has 7 heteroatoms. The van der Waals surface area contributed by atoms with Crippen LogP contribution in [-0.4, -0.2) is 31.6 Å². The number of aromatic nitrogens is 1. The summed E-state index contributed by atoms with van der Waals surface area (Å²) in [6, 6.07) is 18.5. The second-order valence-corrected chi connectivity index (χ2v) is 8.56. The van der Waals surface area contributed by atoms with Crippen LogP contribution in [0.5, 0.6) is 0 Å². The number of nitrogens with zero attached hydrogens (tertiary/aromatic N) is 2. The van der Waals surface area contributed by atoms with Crippen molar-refractivity contribution >= 4 is 44.4 Å². The van der Waals surface area contributed by atoms with Crippen LogP contribution in [0.3, 0.4) is 0 Å². The van der Waals surface area contributed by atoms with Crippen molar-refractivity contribution in [2.45, 2.75) is 6.42 Å². The number of anilines is 2. The molecule has 1 amide bonds. The largest absolute Gasteiger partial charge is 0.307 e. The Hall–Kier alpha value is -3.19. The van der Waals surface area contributed by atoms with Crippen LogP contribution in [0.25, 0.3) is 17.0 Å². The molecule has 0 saturated carbocycles. The predicted molar refractivity (Wildman–Crippen MR) is 112 cm³/mol. The first-order valence-corrected chi connectivity index (χ1v) is 10.6. The number of carbonyl (C=O) groups is 1. The summed E-state index contributed by atoms with van der Waals surface area (Å²) in [5.41, 5.74) is 2.28. The monoisotopic (exact) mass is 393 g/mol. The molecule has 1 aliphatic heterocycles. The fourth-order valence-corrected chi connectivity index (χ4v) is 4.72. The molecule has 0 bridgehead atoms. The van der Waals surface area contributed by atoms with E-state index in [1.54, 1.807) is 36.4 Å². The van der Waals surface area contributed by atoms with Gasteiger partial charge in [0.25, 0.3) is 0 Å². The third kappa shape index (κ3) is 3.89. The zero-order valence-electron chi connectivity index (χ0n) is 15.1. The van der Waals surface area contributed by atoms with E-state index in [0.29, 0.717) is 24.5 Å². The summed E-state index contributed by atoms with van der Waals surface area (Å²) in [6.07, 6.45) is 3.75. The molecule has 142 valence electrons. The summed E-state index contributed by atoms with van der Waals surface area (Å²) in [5, 5.41) is 3.76. The molecule has 0 radical (unpaired) electrons. The number of pyridine rings is 1. The van der Waals surface area contributed by atoms with Gasteiger partial charge in [0.05, 0.1) is 17.0 Å². The average molecular weight is 393 g/mol. The van der Waals surface area contributed by atoms with E-state index in [4.69, 9.17) is 0 Å². The molecule has 3 aromatic rings. The fourth-order valence-electron chi connectivity index (χ4n) is 3.16. The summed E-state index contributed by atoms with van der Waals surface area (Å²) in [7, 11) is -3.18. The van der Waals surface area contributed by atoms with E-state index in [0.717, 1.165) is 16.5 Å². The molecule has 1 saturated heterocycles. The minimum Gasteiger partial charge on any atom is -0.307 e. The van der Waals surface area contributed by atoms with E-state index in [2.05, 4.69) is 10.3 Å². The quantitative estimate of drug-likeness (QED) is 0.689. The Morgan fingerprint density at radius 2 is 1.82 bits per heavy atom. The minimum atomic E-state index is -3.18. The Bertz CT molecular complexity index is 1150. The normalized spacial score (nSPS) is 15.9. The Kier molecular flexibility index (Phi) is 4.83. The van der Waals surface area contributed by atoms with Crippen LogP contribution in [0.1, 0.15) is 12.0 Å². The predicted octanol–water partition coefficient (Wildman–Crippen LogP) is 3.43. The van der Waals surface area contributed by atoms with Gasteiger partial charge >= 0.3 is 0 Å². The highest BCUT2D eigenvalue weighted by Crippen LogP contribution is 2.24. The molecule has 1 aromatic heterocycles. The van der Waals surface area contributed by atoms with E-state index in [9.17, 15) is 13.2 Å². The highest BCUT2D eigenvalue weighted by Gasteiger charge is 2.28. The van der Waals surface area contributed by atoms with Crippen molar-refractivity contribution in [1.29, 1.82) is 0 Å². The van der Waals surface area contributed by atoms with E-state index in [1.165, 1.54) is 10.4 Å². The molecule has 0 aliphatic carbocycles. The number of hydrogen-bond acceptors (Lipinski definition) is 4. The van der Waals surface area contributed by atoms with Crippen LogP contribution in [0.4, 0.5) is 11.5 Å². The van der Waals surface area contributed by atoms with Crippen LogP contribution in [0, 0.1) is 0 Å². The zero-order valence-corrected chi connectivity index (χ0v) is 15.9. The third-order valence-electron chi connectivity index (χ3n) is 4.56. The maximum atomic E-state index is 12.2. The second kappa shape index (κ2) is 7.44. The molecule has 4 rings (SSSR count). The van der Waals surface area contributed by atoms with Gasteiger partial charge < -0.3 is 5.32 Å². The average Bonchev–Trinajstić information content (AvgIpc) is 3.06. The first-order chi connectivity index (χ1) is 13.5. The molecular formula is C21H19N3O3S. The first kappa shape index (κ1) is 18.2. The van der Waals surface area contributed by atoms with Crippen molar-refractivity contribution in [3.63, 3.8) is 0 Å². The number of nitrogens with one attached hydrogen (secondary N) is 1. The standard InChI is InChI=1S/C21H19N3O3S/c25-21(23-20-12-9-17-4-1-2-5-19(17)22-20)13-8-16-6-10-18(11-7-16)24-14-3-15-28(24,26)27/h1-2,4-13H,3,14-15H2,(H,22,23,25)/b13-8+. The highest BCUT2D eigenvalue weighted by atomic mass is 32.2. The SMILES string of the molecule is O=C(/C=C/c1ccc(N2CCCS2(=O)=O)cc1)Nc1ccc2ccccc2n1. The first-order valence-electron chi connectivity index (χ1n) is 8.97. The van der Waals surface area contributed by atoms with Gasteiger partial charge in [-0.25, -0.2) is 13.4 Å². The molecular weight excluding hydrogens is 374 g/mol.